The Bertz CT molecular complexity index is 745. The summed E-state index contributed by atoms with van der Waals surface area (Å²) in [6.45, 7) is 9.00. The van der Waals surface area contributed by atoms with E-state index in [-0.39, 0.29) is 0 Å². The van der Waals surface area contributed by atoms with Crippen LogP contribution in [-0.4, -0.2) is 84.3 Å². The van der Waals surface area contributed by atoms with Crippen molar-refractivity contribution in [3.05, 3.63) is 59.4 Å². The highest BCUT2D eigenvalue weighted by molar-refractivity contribution is 5.27. The van der Waals surface area contributed by atoms with E-state index in [1.165, 1.54) is 16.7 Å². The van der Waals surface area contributed by atoms with E-state index >= 15 is 0 Å². The molecule has 0 amide bonds. The van der Waals surface area contributed by atoms with Gasteiger partial charge in [-0.05, 0) is 55.9 Å². The lowest BCUT2D eigenvalue weighted by Crippen LogP contribution is -2.47. The second-order valence-electron chi connectivity index (χ2n) is 8.19. The number of ether oxygens (including phenoxy) is 1. The summed E-state index contributed by atoms with van der Waals surface area (Å²) in [6, 6.07) is 10.2. The number of β-amino-alcohol motifs (C(OH)–C–C–N with tert-alkyl or cyclic N) is 1. The molecular weight excluding hydrogens is 364 g/mol. The summed E-state index contributed by atoms with van der Waals surface area (Å²) >= 11 is 0. The lowest BCUT2D eigenvalue weighted by molar-refractivity contribution is 0.0505. The first-order valence-electron chi connectivity index (χ1n) is 10.4. The van der Waals surface area contributed by atoms with Gasteiger partial charge >= 0.3 is 0 Å². The number of hydrogen-bond acceptors (Lipinski definition) is 6. The van der Waals surface area contributed by atoms with Gasteiger partial charge in [0.1, 0.15) is 18.5 Å². The summed E-state index contributed by atoms with van der Waals surface area (Å²) < 4.78 is 5.79. The molecular formula is C23H34N4O2. The topological polar surface area (TPSA) is 52.1 Å². The molecule has 6 nitrogen and oxygen atoms in total. The number of aromatic nitrogens is 1. The molecule has 0 radical (unpaired) electrons. The third-order valence-corrected chi connectivity index (χ3v) is 5.46. The number of aliphatic hydroxyl groups excluding tert-OH is 1. The number of pyridine rings is 1. The molecule has 2 heterocycles. The Hall–Kier alpha value is -1.99. The van der Waals surface area contributed by atoms with E-state index in [1.807, 2.05) is 24.5 Å². The fourth-order valence-corrected chi connectivity index (χ4v) is 3.60. The van der Waals surface area contributed by atoms with Gasteiger partial charge in [-0.3, -0.25) is 14.8 Å². The summed E-state index contributed by atoms with van der Waals surface area (Å²) in [5.41, 5.74) is 3.76. The van der Waals surface area contributed by atoms with E-state index in [2.05, 4.69) is 58.9 Å². The maximum atomic E-state index is 10.3. The summed E-state index contributed by atoms with van der Waals surface area (Å²) in [5, 5.41) is 10.3. The molecule has 1 atom stereocenters. The van der Waals surface area contributed by atoms with Gasteiger partial charge in [-0.15, -0.1) is 0 Å². The van der Waals surface area contributed by atoms with E-state index in [0.29, 0.717) is 13.2 Å². The largest absolute Gasteiger partial charge is 0.491 e. The predicted octanol–water partition coefficient (Wildman–Crippen LogP) is 2.01. The molecule has 0 aliphatic carbocycles. The van der Waals surface area contributed by atoms with Crippen molar-refractivity contribution in [2.75, 3.05) is 53.4 Å². The van der Waals surface area contributed by atoms with Crippen LogP contribution in [0.5, 0.6) is 5.75 Å². The highest BCUT2D eigenvalue weighted by atomic mass is 16.5. The minimum Gasteiger partial charge on any atom is -0.491 e. The van der Waals surface area contributed by atoms with Crippen molar-refractivity contribution in [2.45, 2.75) is 26.1 Å². The molecule has 1 aliphatic heterocycles. The van der Waals surface area contributed by atoms with Gasteiger partial charge in [0.25, 0.3) is 0 Å². The van der Waals surface area contributed by atoms with Gasteiger partial charge in [-0.2, -0.15) is 0 Å². The third kappa shape index (κ3) is 7.08. The van der Waals surface area contributed by atoms with Crippen LogP contribution in [0.2, 0.25) is 0 Å². The summed E-state index contributed by atoms with van der Waals surface area (Å²) in [4.78, 5) is 11.1. The zero-order valence-corrected chi connectivity index (χ0v) is 17.9. The van der Waals surface area contributed by atoms with Gasteiger partial charge in [0.15, 0.2) is 0 Å². The summed E-state index contributed by atoms with van der Waals surface area (Å²) in [6.07, 6.45) is 3.29. The van der Waals surface area contributed by atoms with Crippen molar-refractivity contribution in [2.24, 2.45) is 0 Å². The molecule has 3 rings (SSSR count). The minimum absolute atomic E-state index is 0.326. The van der Waals surface area contributed by atoms with Crippen LogP contribution in [-0.2, 0) is 13.1 Å². The molecule has 1 saturated heterocycles. The van der Waals surface area contributed by atoms with Gasteiger partial charge in [0.2, 0.25) is 0 Å². The van der Waals surface area contributed by atoms with Gasteiger partial charge in [-0.1, -0.05) is 12.1 Å². The van der Waals surface area contributed by atoms with Crippen LogP contribution in [0, 0.1) is 6.92 Å². The summed E-state index contributed by atoms with van der Waals surface area (Å²) in [5.74, 6) is 0.804. The second-order valence-corrected chi connectivity index (χ2v) is 8.19. The van der Waals surface area contributed by atoms with Crippen molar-refractivity contribution < 1.29 is 9.84 Å². The quantitative estimate of drug-likeness (QED) is 0.697. The number of hydrogen-bond donors (Lipinski definition) is 1. The monoisotopic (exact) mass is 398 g/mol. The normalized spacial score (nSPS) is 16.9. The van der Waals surface area contributed by atoms with E-state index in [4.69, 9.17) is 4.74 Å². The first-order valence-corrected chi connectivity index (χ1v) is 10.4. The highest BCUT2D eigenvalue weighted by Crippen LogP contribution is 2.15. The number of benzene rings is 1. The van der Waals surface area contributed by atoms with Crippen molar-refractivity contribution in [1.82, 2.24) is 19.7 Å². The molecule has 1 N–H and O–H groups in total. The van der Waals surface area contributed by atoms with Crippen LogP contribution in [0.3, 0.4) is 0 Å². The molecule has 1 aliphatic rings. The zero-order valence-electron chi connectivity index (χ0n) is 17.9. The lowest BCUT2D eigenvalue weighted by Gasteiger charge is -2.33. The van der Waals surface area contributed by atoms with Gasteiger partial charge in [0, 0.05) is 58.2 Å². The Morgan fingerprint density at radius 2 is 1.83 bits per heavy atom. The number of nitrogens with zero attached hydrogens (tertiary/aromatic N) is 4. The van der Waals surface area contributed by atoms with Crippen LogP contribution in [0.15, 0.2) is 42.7 Å². The van der Waals surface area contributed by atoms with Crippen molar-refractivity contribution in [3.63, 3.8) is 0 Å². The fraction of sp³-hybridized carbons (Fsp3) is 0.522. The van der Waals surface area contributed by atoms with Gasteiger partial charge in [0.05, 0.1) is 0 Å². The van der Waals surface area contributed by atoms with E-state index in [0.717, 1.165) is 45.0 Å². The molecule has 0 saturated carbocycles. The van der Waals surface area contributed by atoms with Crippen LogP contribution < -0.4 is 4.74 Å². The number of piperazine rings is 1. The first-order chi connectivity index (χ1) is 14.0. The van der Waals surface area contributed by atoms with Crippen molar-refractivity contribution in [3.8, 4) is 5.75 Å². The SMILES string of the molecule is Cc1cnccc1CN(C)Cc1ccc(OCC(O)CN2CCN(C)CC2)cc1. The molecule has 2 aromatic rings. The molecule has 0 bridgehead atoms. The molecule has 1 fully saturated rings. The van der Waals surface area contributed by atoms with Crippen LogP contribution in [0.4, 0.5) is 0 Å². The predicted molar refractivity (Wildman–Crippen MR) is 116 cm³/mol. The average Bonchev–Trinajstić information content (AvgIpc) is 2.71. The molecule has 6 heteroatoms. The Kier molecular flexibility index (Phi) is 8.00. The molecule has 1 aromatic carbocycles. The maximum Gasteiger partial charge on any atom is 0.119 e. The zero-order chi connectivity index (χ0) is 20.6. The maximum absolute atomic E-state index is 10.3. The van der Waals surface area contributed by atoms with Crippen molar-refractivity contribution >= 4 is 0 Å². The minimum atomic E-state index is -0.465. The Labute approximate surface area is 174 Å². The molecule has 158 valence electrons. The number of likely N-dealkylation sites (N-methyl/N-ethyl adjacent to an activating group) is 1. The molecule has 0 spiro atoms. The van der Waals surface area contributed by atoms with E-state index in [1.54, 1.807) is 0 Å². The smallest absolute Gasteiger partial charge is 0.119 e. The molecule has 1 unspecified atom stereocenters. The number of aliphatic hydroxyl groups is 1. The van der Waals surface area contributed by atoms with Crippen LogP contribution in [0.1, 0.15) is 16.7 Å². The Morgan fingerprint density at radius 1 is 1.10 bits per heavy atom. The highest BCUT2D eigenvalue weighted by Gasteiger charge is 2.17. The molecule has 29 heavy (non-hydrogen) atoms. The van der Waals surface area contributed by atoms with Gasteiger partial charge < -0.3 is 14.7 Å². The first kappa shape index (κ1) is 21.7. The lowest BCUT2D eigenvalue weighted by atomic mass is 10.1. The van der Waals surface area contributed by atoms with E-state index < -0.39 is 6.10 Å². The Morgan fingerprint density at radius 3 is 2.52 bits per heavy atom. The summed E-state index contributed by atoms with van der Waals surface area (Å²) in [7, 11) is 4.26. The Balaban J connectivity index is 1.41. The number of rotatable bonds is 9. The third-order valence-electron chi connectivity index (χ3n) is 5.46. The van der Waals surface area contributed by atoms with Crippen molar-refractivity contribution in [1.29, 1.82) is 0 Å². The van der Waals surface area contributed by atoms with E-state index in [9.17, 15) is 5.11 Å². The van der Waals surface area contributed by atoms with Crippen LogP contribution >= 0.6 is 0 Å². The second kappa shape index (κ2) is 10.7. The number of aryl methyl sites for hydroxylation is 1. The standard InChI is InChI=1S/C23H34N4O2/c1-19-14-24-9-8-21(19)16-26(3)15-20-4-6-23(7-5-20)29-18-22(28)17-27-12-10-25(2)11-13-27/h4-9,14,22,28H,10-13,15-18H2,1-3H3. The van der Waals surface area contributed by atoms with Gasteiger partial charge in [-0.25, -0.2) is 0 Å². The van der Waals surface area contributed by atoms with Crippen LogP contribution in [0.25, 0.3) is 0 Å². The fourth-order valence-electron chi connectivity index (χ4n) is 3.60. The molecule has 1 aromatic heterocycles. The average molecular weight is 399 g/mol.